The average molecular weight is 443 g/mol. The van der Waals surface area contributed by atoms with Crippen LogP contribution < -0.4 is 5.73 Å². The molecule has 10 nitrogen and oxygen atoms in total. The number of phenolic OH excluding ortho intramolecular Hbond substituents is 3. The number of hydrogen-bond acceptors (Lipinski definition) is 9. The van der Waals surface area contributed by atoms with Gasteiger partial charge in [0, 0.05) is 12.6 Å². The van der Waals surface area contributed by atoms with Crippen LogP contribution in [0.2, 0.25) is 0 Å². The minimum atomic E-state index is -4.13. The van der Waals surface area contributed by atoms with Crippen LogP contribution in [-0.4, -0.2) is 62.9 Å². The standard InChI is InChI=1S/C14H12O3.C5H14NO6P/c15-12-5-3-10(4-6-12)1-2-11-7-13(16)9-14(17)8-11;6-1-2-11-13(9,10)12-4-5(8)3-7/h1-9,15-17H;5,7-8H,1-4,6H2,(H,9,10)/b2-1+;. The Morgan fingerprint density at radius 2 is 1.50 bits per heavy atom. The predicted octanol–water partition coefficient (Wildman–Crippen LogP) is 1.41. The molecule has 0 saturated carbocycles. The molecule has 8 N–H and O–H groups in total. The van der Waals surface area contributed by atoms with Crippen LogP contribution >= 0.6 is 7.82 Å². The summed E-state index contributed by atoms with van der Waals surface area (Å²) >= 11 is 0. The summed E-state index contributed by atoms with van der Waals surface area (Å²) in [5.74, 6) is 0.267. The fourth-order valence-corrected chi connectivity index (χ4v) is 2.70. The van der Waals surface area contributed by atoms with Gasteiger partial charge in [-0.05, 0) is 35.4 Å². The zero-order chi connectivity index (χ0) is 22.6. The lowest BCUT2D eigenvalue weighted by Crippen LogP contribution is -2.19. The Hall–Kier alpha value is -2.43. The van der Waals surface area contributed by atoms with Gasteiger partial charge >= 0.3 is 7.82 Å². The summed E-state index contributed by atoms with van der Waals surface area (Å²) in [5, 5.41) is 44.8. The summed E-state index contributed by atoms with van der Waals surface area (Å²) in [6.45, 7) is -1.02. The van der Waals surface area contributed by atoms with Gasteiger partial charge in [-0.1, -0.05) is 24.3 Å². The lowest BCUT2D eigenvalue weighted by Gasteiger charge is -2.13. The Kier molecular flexibility index (Phi) is 11.1. The summed E-state index contributed by atoms with van der Waals surface area (Å²) in [6.07, 6.45) is 2.40. The van der Waals surface area contributed by atoms with E-state index in [1.807, 2.05) is 6.08 Å². The summed E-state index contributed by atoms with van der Waals surface area (Å²) in [5.41, 5.74) is 6.64. The number of aliphatic hydroxyl groups excluding tert-OH is 2. The zero-order valence-corrected chi connectivity index (χ0v) is 16.9. The molecule has 0 bridgehead atoms. The zero-order valence-electron chi connectivity index (χ0n) is 16.0. The minimum Gasteiger partial charge on any atom is -0.508 e. The van der Waals surface area contributed by atoms with Crippen LogP contribution in [0.5, 0.6) is 17.2 Å². The third-order valence-corrected chi connectivity index (χ3v) is 4.28. The number of hydrogen-bond donors (Lipinski definition) is 7. The highest BCUT2D eigenvalue weighted by atomic mass is 31.2. The van der Waals surface area contributed by atoms with E-state index in [-0.39, 0.29) is 30.4 Å². The van der Waals surface area contributed by atoms with Gasteiger partial charge in [0.2, 0.25) is 0 Å². The van der Waals surface area contributed by atoms with E-state index in [4.69, 9.17) is 25.9 Å². The molecule has 0 aliphatic rings. The van der Waals surface area contributed by atoms with Crippen molar-refractivity contribution >= 4 is 20.0 Å². The van der Waals surface area contributed by atoms with Crippen LogP contribution in [0, 0.1) is 0 Å². The Bertz CT molecular complexity index is 822. The van der Waals surface area contributed by atoms with Crippen molar-refractivity contribution in [3.05, 3.63) is 53.6 Å². The summed E-state index contributed by atoms with van der Waals surface area (Å²) in [6, 6.07) is 11.1. The van der Waals surface area contributed by atoms with E-state index in [1.54, 1.807) is 42.5 Å². The second-order valence-corrected chi connectivity index (χ2v) is 7.38. The van der Waals surface area contributed by atoms with Crippen LogP contribution in [0.15, 0.2) is 42.5 Å². The Morgan fingerprint density at radius 1 is 0.933 bits per heavy atom. The highest BCUT2D eigenvalue weighted by Crippen LogP contribution is 2.42. The van der Waals surface area contributed by atoms with Gasteiger partial charge in [0.05, 0.1) is 19.8 Å². The molecule has 0 saturated heterocycles. The number of nitrogens with two attached hydrogens (primary N) is 1. The molecule has 0 radical (unpaired) electrons. The van der Waals surface area contributed by atoms with E-state index in [2.05, 4.69) is 9.05 Å². The molecular weight excluding hydrogens is 417 g/mol. The molecule has 2 aromatic carbocycles. The van der Waals surface area contributed by atoms with Crippen molar-refractivity contribution in [3.8, 4) is 17.2 Å². The SMILES string of the molecule is NCCOP(=O)(O)OCC(O)CO.Oc1ccc(/C=C/c2cc(O)cc(O)c2)cc1. The lowest BCUT2D eigenvalue weighted by atomic mass is 10.1. The number of phenols is 3. The van der Waals surface area contributed by atoms with Gasteiger partial charge in [0.25, 0.3) is 0 Å². The molecule has 0 amide bonds. The molecule has 2 unspecified atom stereocenters. The van der Waals surface area contributed by atoms with Gasteiger partial charge in [0.15, 0.2) is 0 Å². The molecule has 0 fully saturated rings. The first kappa shape index (κ1) is 25.6. The topological polar surface area (TPSA) is 183 Å². The van der Waals surface area contributed by atoms with E-state index >= 15 is 0 Å². The van der Waals surface area contributed by atoms with Gasteiger partial charge in [-0.15, -0.1) is 0 Å². The number of aliphatic hydroxyl groups is 2. The van der Waals surface area contributed by atoms with Crippen molar-refractivity contribution < 1.29 is 44.0 Å². The molecule has 166 valence electrons. The number of rotatable bonds is 9. The molecular formula is C19H26NO9P. The van der Waals surface area contributed by atoms with Gasteiger partial charge < -0.3 is 36.2 Å². The first-order valence-corrected chi connectivity index (χ1v) is 10.3. The van der Waals surface area contributed by atoms with Gasteiger partial charge in [-0.3, -0.25) is 9.05 Å². The van der Waals surface area contributed by atoms with E-state index in [0.717, 1.165) is 5.56 Å². The second-order valence-electron chi connectivity index (χ2n) is 5.93. The van der Waals surface area contributed by atoms with E-state index < -0.39 is 27.1 Å². The van der Waals surface area contributed by atoms with Crippen LogP contribution in [0.1, 0.15) is 11.1 Å². The lowest BCUT2D eigenvalue weighted by molar-refractivity contribution is 0.0367. The summed E-state index contributed by atoms with van der Waals surface area (Å²) in [7, 11) is -4.13. The number of phosphoric ester groups is 1. The van der Waals surface area contributed by atoms with Gasteiger partial charge in [-0.25, -0.2) is 4.57 Å². The first-order valence-electron chi connectivity index (χ1n) is 8.76. The van der Waals surface area contributed by atoms with Crippen LogP contribution in [0.4, 0.5) is 0 Å². The average Bonchev–Trinajstić information content (AvgIpc) is 2.70. The smallest absolute Gasteiger partial charge is 0.472 e. The number of phosphoric acid groups is 1. The maximum absolute atomic E-state index is 10.9. The normalized spacial score (nSPS) is 14.0. The van der Waals surface area contributed by atoms with E-state index in [1.165, 1.54) is 6.07 Å². The highest BCUT2D eigenvalue weighted by molar-refractivity contribution is 7.47. The quantitative estimate of drug-likeness (QED) is 0.221. The van der Waals surface area contributed by atoms with Crippen molar-refractivity contribution in [2.75, 3.05) is 26.4 Å². The molecule has 2 atom stereocenters. The monoisotopic (exact) mass is 443 g/mol. The Labute approximate surface area is 173 Å². The van der Waals surface area contributed by atoms with Crippen LogP contribution in [-0.2, 0) is 13.6 Å². The Morgan fingerprint density at radius 3 is 2.03 bits per heavy atom. The molecule has 0 aliphatic carbocycles. The third kappa shape index (κ3) is 10.9. The van der Waals surface area contributed by atoms with Crippen molar-refractivity contribution in [1.82, 2.24) is 0 Å². The predicted molar refractivity (Wildman–Crippen MR) is 111 cm³/mol. The number of aromatic hydroxyl groups is 3. The molecule has 0 heterocycles. The minimum absolute atomic E-state index is 0.0235. The van der Waals surface area contributed by atoms with Crippen molar-refractivity contribution in [2.24, 2.45) is 5.73 Å². The number of benzene rings is 2. The van der Waals surface area contributed by atoms with E-state index in [0.29, 0.717) is 5.56 Å². The fraction of sp³-hybridized carbons (Fsp3) is 0.263. The van der Waals surface area contributed by atoms with Crippen LogP contribution in [0.25, 0.3) is 12.2 Å². The van der Waals surface area contributed by atoms with Crippen molar-refractivity contribution in [2.45, 2.75) is 6.10 Å². The summed E-state index contributed by atoms with van der Waals surface area (Å²) in [4.78, 5) is 8.85. The van der Waals surface area contributed by atoms with Crippen molar-refractivity contribution in [1.29, 1.82) is 0 Å². The Balaban J connectivity index is 0.000000314. The fourth-order valence-electron chi connectivity index (χ4n) is 1.93. The second kappa shape index (κ2) is 13.0. The maximum atomic E-state index is 10.9. The largest absolute Gasteiger partial charge is 0.508 e. The molecule has 2 aromatic rings. The third-order valence-electron chi connectivity index (χ3n) is 3.30. The van der Waals surface area contributed by atoms with E-state index in [9.17, 15) is 14.8 Å². The summed E-state index contributed by atoms with van der Waals surface area (Å²) < 4.78 is 19.5. The first-order chi connectivity index (χ1) is 14.1. The highest BCUT2D eigenvalue weighted by Gasteiger charge is 2.21. The molecule has 2 rings (SSSR count). The maximum Gasteiger partial charge on any atom is 0.472 e. The van der Waals surface area contributed by atoms with Crippen molar-refractivity contribution in [3.63, 3.8) is 0 Å². The molecule has 0 aromatic heterocycles. The van der Waals surface area contributed by atoms with Gasteiger partial charge in [-0.2, -0.15) is 0 Å². The van der Waals surface area contributed by atoms with Crippen LogP contribution in [0.3, 0.4) is 0 Å². The molecule has 30 heavy (non-hydrogen) atoms. The van der Waals surface area contributed by atoms with Gasteiger partial charge in [0.1, 0.15) is 23.4 Å². The molecule has 11 heteroatoms. The molecule has 0 aliphatic heterocycles. The molecule has 0 spiro atoms.